The molecule has 2 atom stereocenters. The van der Waals surface area contributed by atoms with Crippen molar-refractivity contribution in [3.05, 3.63) is 12.2 Å². The van der Waals surface area contributed by atoms with Crippen molar-refractivity contribution in [3.8, 4) is 0 Å². The molecule has 0 unspecified atom stereocenters. The lowest BCUT2D eigenvalue weighted by Gasteiger charge is -2.12. The normalized spacial score (nSPS) is 24.4. The number of ether oxygens (including phenoxy) is 2. The second kappa shape index (κ2) is 4.64. The summed E-state index contributed by atoms with van der Waals surface area (Å²) in [5.74, 6) is -0.0987. The third-order valence-electron chi connectivity index (χ3n) is 1.85. The lowest BCUT2D eigenvalue weighted by molar-refractivity contribution is -0.119. The van der Waals surface area contributed by atoms with Crippen molar-refractivity contribution < 1.29 is 19.1 Å². The number of rotatable bonds is 2. The topological polar surface area (TPSA) is 64.6 Å². The van der Waals surface area contributed by atoms with E-state index in [1.54, 1.807) is 12.2 Å². The molecule has 0 fully saturated rings. The van der Waals surface area contributed by atoms with E-state index in [9.17, 15) is 9.59 Å². The maximum Gasteiger partial charge on any atom is 0.508 e. The highest BCUT2D eigenvalue weighted by molar-refractivity contribution is 5.73. The molecule has 0 aromatic carbocycles. The average molecular weight is 199 g/mol. The standard InChI is InChI=1S/C9H13NO4/c1-6(11)10-7-3-4-8(5-7)14-9(12)13-2/h3-4,7-8H,5H2,1-2H3,(H,10,11)/t7-,8+/m0/s1. The maximum atomic E-state index is 10.7. The number of amides is 1. The van der Waals surface area contributed by atoms with Gasteiger partial charge < -0.3 is 14.8 Å². The minimum atomic E-state index is -0.705. The maximum absolute atomic E-state index is 10.7. The summed E-state index contributed by atoms with van der Waals surface area (Å²) < 4.78 is 9.22. The van der Waals surface area contributed by atoms with E-state index in [-0.39, 0.29) is 18.1 Å². The van der Waals surface area contributed by atoms with Crippen LogP contribution in [0.15, 0.2) is 12.2 Å². The van der Waals surface area contributed by atoms with Crippen molar-refractivity contribution in [2.75, 3.05) is 7.11 Å². The highest BCUT2D eigenvalue weighted by Crippen LogP contribution is 2.14. The van der Waals surface area contributed by atoms with Crippen molar-refractivity contribution in [1.29, 1.82) is 0 Å². The third kappa shape index (κ3) is 3.08. The van der Waals surface area contributed by atoms with E-state index in [2.05, 4.69) is 10.1 Å². The molecule has 1 rings (SSSR count). The number of nitrogens with one attached hydrogen (secondary N) is 1. The van der Waals surface area contributed by atoms with Crippen molar-refractivity contribution in [2.24, 2.45) is 0 Å². The van der Waals surface area contributed by atoms with Crippen LogP contribution in [0.3, 0.4) is 0 Å². The van der Waals surface area contributed by atoms with Gasteiger partial charge in [-0.15, -0.1) is 0 Å². The molecule has 5 nitrogen and oxygen atoms in total. The minimum absolute atomic E-state index is 0.0536. The predicted molar refractivity (Wildman–Crippen MR) is 48.6 cm³/mol. The summed E-state index contributed by atoms with van der Waals surface area (Å²) in [5.41, 5.74) is 0. The van der Waals surface area contributed by atoms with Crippen molar-refractivity contribution >= 4 is 12.1 Å². The molecule has 0 aromatic heterocycles. The highest BCUT2D eigenvalue weighted by Gasteiger charge is 2.22. The first-order chi connectivity index (χ1) is 6.61. The molecule has 0 bridgehead atoms. The molecular weight excluding hydrogens is 186 g/mol. The Hall–Kier alpha value is -1.52. The van der Waals surface area contributed by atoms with Crippen LogP contribution in [0.25, 0.3) is 0 Å². The van der Waals surface area contributed by atoms with Gasteiger partial charge in [0.1, 0.15) is 6.10 Å². The zero-order chi connectivity index (χ0) is 10.6. The first kappa shape index (κ1) is 10.6. The quantitative estimate of drug-likeness (QED) is 0.522. The molecule has 0 radical (unpaired) electrons. The molecule has 0 aromatic rings. The smallest absolute Gasteiger partial charge is 0.438 e. The van der Waals surface area contributed by atoms with E-state index in [0.29, 0.717) is 6.42 Å². The Labute approximate surface area is 82.1 Å². The van der Waals surface area contributed by atoms with Gasteiger partial charge in [-0.2, -0.15) is 0 Å². The van der Waals surface area contributed by atoms with Gasteiger partial charge in [0.05, 0.1) is 13.2 Å². The van der Waals surface area contributed by atoms with E-state index in [1.165, 1.54) is 14.0 Å². The van der Waals surface area contributed by atoms with Crippen LogP contribution in [0.5, 0.6) is 0 Å². The number of hydrogen-bond donors (Lipinski definition) is 1. The molecule has 78 valence electrons. The summed E-state index contributed by atoms with van der Waals surface area (Å²) in [6.07, 6.45) is 3.09. The first-order valence-electron chi connectivity index (χ1n) is 4.32. The van der Waals surface area contributed by atoms with E-state index >= 15 is 0 Å². The Bertz CT molecular complexity index is 262. The van der Waals surface area contributed by atoms with Gasteiger partial charge in [0.25, 0.3) is 0 Å². The Balaban J connectivity index is 2.32. The van der Waals surface area contributed by atoms with Crippen molar-refractivity contribution in [1.82, 2.24) is 5.32 Å². The van der Waals surface area contributed by atoms with Crippen LogP contribution in [0.2, 0.25) is 0 Å². The number of hydrogen-bond acceptors (Lipinski definition) is 4. The SMILES string of the molecule is COC(=O)O[C@@H]1C=C[C@H](NC(C)=O)C1. The Morgan fingerprint density at radius 1 is 1.43 bits per heavy atom. The lowest BCUT2D eigenvalue weighted by Crippen LogP contribution is -2.31. The van der Waals surface area contributed by atoms with Crippen LogP contribution in [-0.2, 0) is 14.3 Å². The van der Waals surface area contributed by atoms with Gasteiger partial charge in [0.15, 0.2) is 0 Å². The van der Waals surface area contributed by atoms with E-state index < -0.39 is 6.16 Å². The summed E-state index contributed by atoms with van der Waals surface area (Å²) in [7, 11) is 1.26. The molecule has 0 heterocycles. The second-order valence-corrected chi connectivity index (χ2v) is 3.04. The Morgan fingerprint density at radius 2 is 2.14 bits per heavy atom. The fourth-order valence-electron chi connectivity index (χ4n) is 1.29. The third-order valence-corrected chi connectivity index (χ3v) is 1.85. The summed E-state index contributed by atoms with van der Waals surface area (Å²) >= 11 is 0. The molecule has 1 aliphatic carbocycles. The van der Waals surface area contributed by atoms with E-state index in [4.69, 9.17) is 4.74 Å². The van der Waals surface area contributed by atoms with Gasteiger partial charge in [0, 0.05) is 13.3 Å². The Kier molecular flexibility index (Phi) is 3.50. The molecular formula is C9H13NO4. The monoisotopic (exact) mass is 199 g/mol. The van der Waals surface area contributed by atoms with Crippen LogP contribution in [0.4, 0.5) is 4.79 Å². The summed E-state index contributed by atoms with van der Waals surface area (Å²) in [6.45, 7) is 1.45. The van der Waals surface area contributed by atoms with Crippen LogP contribution in [0.1, 0.15) is 13.3 Å². The van der Waals surface area contributed by atoms with Crippen LogP contribution in [-0.4, -0.2) is 31.3 Å². The molecule has 0 saturated carbocycles. The first-order valence-corrected chi connectivity index (χ1v) is 4.32. The number of methoxy groups -OCH3 is 1. The van der Waals surface area contributed by atoms with Crippen LogP contribution < -0.4 is 5.32 Å². The van der Waals surface area contributed by atoms with Gasteiger partial charge in [0.2, 0.25) is 5.91 Å². The zero-order valence-corrected chi connectivity index (χ0v) is 8.15. The van der Waals surface area contributed by atoms with Gasteiger partial charge in [-0.25, -0.2) is 4.79 Å². The van der Waals surface area contributed by atoms with E-state index in [1.807, 2.05) is 0 Å². The summed E-state index contributed by atoms with van der Waals surface area (Å²) in [5, 5.41) is 2.71. The molecule has 1 N–H and O–H groups in total. The predicted octanol–water partition coefficient (Wildman–Crippen LogP) is 0.603. The van der Waals surface area contributed by atoms with Gasteiger partial charge in [-0.1, -0.05) is 6.08 Å². The van der Waals surface area contributed by atoms with Crippen molar-refractivity contribution in [2.45, 2.75) is 25.5 Å². The summed E-state index contributed by atoms with van der Waals surface area (Å²) in [6, 6.07) is -0.0536. The largest absolute Gasteiger partial charge is 0.508 e. The second-order valence-electron chi connectivity index (χ2n) is 3.04. The van der Waals surface area contributed by atoms with Crippen LogP contribution in [0, 0.1) is 0 Å². The molecule has 0 saturated heterocycles. The van der Waals surface area contributed by atoms with Crippen LogP contribution >= 0.6 is 0 Å². The van der Waals surface area contributed by atoms with Crippen molar-refractivity contribution in [3.63, 3.8) is 0 Å². The summed E-state index contributed by atoms with van der Waals surface area (Å²) in [4.78, 5) is 21.4. The average Bonchev–Trinajstić information content (AvgIpc) is 2.51. The molecule has 0 spiro atoms. The number of carbonyl (C=O) groups excluding carboxylic acids is 2. The number of carbonyl (C=O) groups is 2. The highest BCUT2D eigenvalue weighted by atomic mass is 16.7. The van der Waals surface area contributed by atoms with Gasteiger partial charge in [-0.05, 0) is 6.08 Å². The van der Waals surface area contributed by atoms with Gasteiger partial charge >= 0.3 is 6.16 Å². The lowest BCUT2D eigenvalue weighted by atomic mass is 10.2. The molecule has 5 heteroatoms. The van der Waals surface area contributed by atoms with Gasteiger partial charge in [-0.3, -0.25) is 4.79 Å². The fraction of sp³-hybridized carbons (Fsp3) is 0.556. The Morgan fingerprint density at radius 3 is 2.71 bits per heavy atom. The fourth-order valence-corrected chi connectivity index (χ4v) is 1.29. The minimum Gasteiger partial charge on any atom is -0.438 e. The molecule has 1 aliphatic rings. The molecule has 14 heavy (non-hydrogen) atoms. The van der Waals surface area contributed by atoms with E-state index in [0.717, 1.165) is 0 Å². The zero-order valence-electron chi connectivity index (χ0n) is 8.15. The molecule has 1 amide bonds. The molecule has 0 aliphatic heterocycles.